The van der Waals surface area contributed by atoms with Crippen molar-refractivity contribution in [3.8, 4) is 34.3 Å². The van der Waals surface area contributed by atoms with Gasteiger partial charge >= 0.3 is 5.97 Å². The van der Waals surface area contributed by atoms with Gasteiger partial charge in [0.05, 0.1) is 25.6 Å². The topological polar surface area (TPSA) is 82.8 Å². The summed E-state index contributed by atoms with van der Waals surface area (Å²) < 4.78 is 17.8. The number of methoxy groups -OCH3 is 2. The van der Waals surface area contributed by atoms with Crippen LogP contribution in [-0.2, 0) is 10.2 Å². The van der Waals surface area contributed by atoms with Crippen molar-refractivity contribution in [3.63, 3.8) is 0 Å². The molecule has 1 N–H and O–H groups in total. The molecule has 0 fully saturated rings. The van der Waals surface area contributed by atoms with Crippen LogP contribution in [0.5, 0.6) is 17.4 Å². The first kappa shape index (κ1) is 21.2. The summed E-state index contributed by atoms with van der Waals surface area (Å²) in [5, 5.41) is 13.4. The van der Waals surface area contributed by atoms with Crippen molar-refractivity contribution in [1.82, 2.24) is 9.78 Å². The van der Waals surface area contributed by atoms with E-state index in [1.807, 2.05) is 30.3 Å². The zero-order valence-corrected chi connectivity index (χ0v) is 17.8. The van der Waals surface area contributed by atoms with Gasteiger partial charge in [0.2, 0.25) is 5.88 Å². The summed E-state index contributed by atoms with van der Waals surface area (Å²) in [7, 11) is 3.15. The van der Waals surface area contributed by atoms with Crippen molar-refractivity contribution in [2.45, 2.75) is 26.2 Å². The molecule has 158 valence electrons. The Balaban J connectivity index is 2.08. The first-order chi connectivity index (χ1) is 14.2. The summed E-state index contributed by atoms with van der Waals surface area (Å²) in [6, 6.07) is 15.3. The molecule has 0 spiro atoms. The number of hydrogen-bond donors (Lipinski definition) is 1. The Morgan fingerprint density at radius 3 is 2.23 bits per heavy atom. The highest BCUT2D eigenvalue weighted by Crippen LogP contribution is 2.35. The van der Waals surface area contributed by atoms with Crippen molar-refractivity contribution >= 4 is 5.97 Å². The predicted octanol–water partition coefficient (Wildman–Crippen LogP) is 4.32. The molecule has 3 rings (SSSR count). The molecule has 1 heterocycles. The zero-order chi connectivity index (χ0) is 21.9. The minimum Gasteiger partial charge on any atom is -0.493 e. The van der Waals surface area contributed by atoms with Gasteiger partial charge in [0.15, 0.2) is 18.1 Å². The van der Waals surface area contributed by atoms with Gasteiger partial charge < -0.3 is 19.3 Å². The SMILES string of the molecule is COc1ccc(-c2cc(OCC(=O)O)nn2-c2ccc(C(C)(C)C)cc2)cc1OC. The Kier molecular flexibility index (Phi) is 6.01. The number of hydrogen-bond acceptors (Lipinski definition) is 5. The van der Waals surface area contributed by atoms with Gasteiger partial charge in [-0.25, -0.2) is 9.48 Å². The summed E-state index contributed by atoms with van der Waals surface area (Å²) >= 11 is 0. The first-order valence-corrected chi connectivity index (χ1v) is 9.51. The molecular weight excluding hydrogens is 384 g/mol. The van der Waals surface area contributed by atoms with E-state index in [4.69, 9.17) is 19.3 Å². The van der Waals surface area contributed by atoms with E-state index in [1.165, 1.54) is 5.56 Å². The normalized spacial score (nSPS) is 11.2. The molecule has 0 unspecified atom stereocenters. The predicted molar refractivity (Wildman–Crippen MR) is 114 cm³/mol. The lowest BCUT2D eigenvalue weighted by Crippen LogP contribution is -2.11. The summed E-state index contributed by atoms with van der Waals surface area (Å²) in [5.74, 6) is 0.358. The molecule has 0 aliphatic carbocycles. The molecule has 1 aromatic heterocycles. The largest absolute Gasteiger partial charge is 0.493 e. The fourth-order valence-electron chi connectivity index (χ4n) is 3.07. The minimum atomic E-state index is -1.06. The van der Waals surface area contributed by atoms with Gasteiger partial charge in [-0.2, -0.15) is 0 Å². The Labute approximate surface area is 175 Å². The van der Waals surface area contributed by atoms with E-state index in [2.05, 4.69) is 38.0 Å². The van der Waals surface area contributed by atoms with Crippen molar-refractivity contribution < 1.29 is 24.1 Å². The number of aromatic nitrogens is 2. The van der Waals surface area contributed by atoms with E-state index in [-0.39, 0.29) is 11.3 Å². The second-order valence-corrected chi connectivity index (χ2v) is 7.83. The van der Waals surface area contributed by atoms with Gasteiger partial charge in [-0.15, -0.1) is 5.10 Å². The molecule has 0 atom stereocenters. The van der Waals surface area contributed by atoms with E-state index >= 15 is 0 Å². The number of carbonyl (C=O) groups is 1. The summed E-state index contributed by atoms with van der Waals surface area (Å²) in [5.41, 5.74) is 3.63. The van der Waals surface area contributed by atoms with Crippen LogP contribution in [0.4, 0.5) is 0 Å². The lowest BCUT2D eigenvalue weighted by molar-refractivity contribution is -0.139. The van der Waals surface area contributed by atoms with Crippen LogP contribution in [0.2, 0.25) is 0 Å². The van der Waals surface area contributed by atoms with Gasteiger partial charge in [-0.3, -0.25) is 0 Å². The highest BCUT2D eigenvalue weighted by molar-refractivity contribution is 5.69. The molecule has 7 heteroatoms. The fraction of sp³-hybridized carbons (Fsp3) is 0.304. The molecule has 0 saturated heterocycles. The third-order valence-corrected chi connectivity index (χ3v) is 4.69. The molecule has 30 heavy (non-hydrogen) atoms. The summed E-state index contributed by atoms with van der Waals surface area (Å²) in [6.45, 7) is 6.00. The average Bonchev–Trinajstić information content (AvgIpc) is 3.15. The van der Waals surface area contributed by atoms with Crippen LogP contribution in [0.3, 0.4) is 0 Å². The smallest absolute Gasteiger partial charge is 0.341 e. The number of carboxylic acid groups (broad SMARTS) is 1. The van der Waals surface area contributed by atoms with Crippen molar-refractivity contribution in [3.05, 3.63) is 54.1 Å². The van der Waals surface area contributed by atoms with Gasteiger partial charge in [0.1, 0.15) is 0 Å². The molecule has 0 saturated carbocycles. The lowest BCUT2D eigenvalue weighted by Gasteiger charge is -2.19. The average molecular weight is 410 g/mol. The van der Waals surface area contributed by atoms with Gasteiger partial charge in [-0.1, -0.05) is 32.9 Å². The van der Waals surface area contributed by atoms with Gasteiger partial charge in [0, 0.05) is 11.6 Å². The van der Waals surface area contributed by atoms with Crippen LogP contribution in [0, 0.1) is 0 Å². The maximum absolute atomic E-state index is 10.9. The van der Waals surface area contributed by atoms with E-state index in [1.54, 1.807) is 25.0 Å². The molecule has 0 aliphatic heterocycles. The van der Waals surface area contributed by atoms with Crippen molar-refractivity contribution in [2.75, 3.05) is 20.8 Å². The second kappa shape index (κ2) is 8.49. The number of benzene rings is 2. The molecule has 3 aromatic rings. The number of ether oxygens (including phenoxy) is 3. The maximum Gasteiger partial charge on any atom is 0.341 e. The number of nitrogens with zero attached hydrogens (tertiary/aromatic N) is 2. The van der Waals surface area contributed by atoms with Crippen LogP contribution < -0.4 is 14.2 Å². The minimum absolute atomic E-state index is 0.0323. The van der Waals surface area contributed by atoms with E-state index < -0.39 is 12.6 Å². The quantitative estimate of drug-likeness (QED) is 0.625. The van der Waals surface area contributed by atoms with Crippen molar-refractivity contribution in [1.29, 1.82) is 0 Å². The molecular formula is C23H26N2O5. The fourth-order valence-corrected chi connectivity index (χ4v) is 3.07. The Morgan fingerprint density at radius 1 is 1.00 bits per heavy atom. The van der Waals surface area contributed by atoms with Crippen LogP contribution >= 0.6 is 0 Å². The Hall–Kier alpha value is -3.48. The van der Waals surface area contributed by atoms with Gasteiger partial charge in [0.25, 0.3) is 0 Å². The standard InChI is InChI=1S/C23H26N2O5/c1-23(2,3)16-7-9-17(10-8-16)25-18(13-21(24-25)30-14-22(26)27)15-6-11-19(28-4)20(12-15)29-5/h6-13H,14H2,1-5H3,(H,26,27). The molecule has 0 radical (unpaired) electrons. The molecule has 0 amide bonds. The molecule has 2 aromatic carbocycles. The molecule has 7 nitrogen and oxygen atoms in total. The number of rotatable bonds is 7. The van der Waals surface area contributed by atoms with Crippen LogP contribution in [-0.4, -0.2) is 41.7 Å². The third kappa shape index (κ3) is 4.56. The van der Waals surface area contributed by atoms with E-state index in [0.29, 0.717) is 11.5 Å². The number of carboxylic acids is 1. The Bertz CT molecular complexity index is 1030. The van der Waals surface area contributed by atoms with E-state index in [0.717, 1.165) is 16.9 Å². The summed E-state index contributed by atoms with van der Waals surface area (Å²) in [4.78, 5) is 10.9. The number of aliphatic carboxylic acids is 1. The van der Waals surface area contributed by atoms with Crippen molar-refractivity contribution in [2.24, 2.45) is 0 Å². The lowest BCUT2D eigenvalue weighted by atomic mass is 9.87. The third-order valence-electron chi connectivity index (χ3n) is 4.69. The molecule has 0 bridgehead atoms. The van der Waals surface area contributed by atoms with Gasteiger partial charge in [-0.05, 0) is 41.3 Å². The highest BCUT2D eigenvalue weighted by Gasteiger charge is 2.17. The summed E-state index contributed by atoms with van der Waals surface area (Å²) in [6.07, 6.45) is 0. The first-order valence-electron chi connectivity index (χ1n) is 9.51. The highest BCUT2D eigenvalue weighted by atomic mass is 16.5. The molecule has 0 aliphatic rings. The Morgan fingerprint density at radius 2 is 1.67 bits per heavy atom. The second-order valence-electron chi connectivity index (χ2n) is 7.83. The van der Waals surface area contributed by atoms with Crippen LogP contribution in [0.1, 0.15) is 26.3 Å². The van der Waals surface area contributed by atoms with Crippen LogP contribution in [0.25, 0.3) is 16.9 Å². The monoisotopic (exact) mass is 410 g/mol. The zero-order valence-electron chi connectivity index (χ0n) is 17.8. The maximum atomic E-state index is 10.9. The van der Waals surface area contributed by atoms with Crippen LogP contribution in [0.15, 0.2) is 48.5 Å². The van der Waals surface area contributed by atoms with E-state index in [9.17, 15) is 4.79 Å².